The predicted octanol–water partition coefficient (Wildman–Crippen LogP) is 4.16. The van der Waals surface area contributed by atoms with Crippen molar-refractivity contribution in [2.45, 2.75) is 18.7 Å². The quantitative estimate of drug-likeness (QED) is 0.490. The number of hydrogen-bond acceptors (Lipinski definition) is 6. The number of nitrogens with one attached hydrogen (secondary N) is 1. The molecular weight excluding hydrogens is 456 g/mol. The molecule has 0 spiro atoms. The zero-order chi connectivity index (χ0) is 24.9. The average Bonchev–Trinajstić information content (AvgIpc) is 2.82. The van der Waals surface area contributed by atoms with E-state index >= 15 is 0 Å². The topological polar surface area (TPSA) is 94.2 Å². The molecule has 8 nitrogen and oxygen atoms in total. The van der Waals surface area contributed by atoms with E-state index in [0.717, 1.165) is 15.4 Å². The van der Waals surface area contributed by atoms with Crippen molar-refractivity contribution >= 4 is 27.3 Å². The standard InChI is InChI=1S/C25H28N2O6S/c1-17-7-6-8-19(13-17)27(34(29,30)24-14-18(2)9-11-23(24)33-5)16-25(28)26-21-15-20(31-3)10-12-22(21)32-4/h6-15H,16H2,1-5H3,(H,26,28). The first-order valence-electron chi connectivity index (χ1n) is 10.5. The maximum atomic E-state index is 13.8. The highest BCUT2D eigenvalue weighted by atomic mass is 32.2. The Bertz CT molecular complexity index is 1290. The Kier molecular flexibility index (Phi) is 7.68. The van der Waals surface area contributed by atoms with Crippen LogP contribution in [0.5, 0.6) is 17.2 Å². The van der Waals surface area contributed by atoms with E-state index in [2.05, 4.69) is 5.32 Å². The van der Waals surface area contributed by atoms with E-state index < -0.39 is 22.5 Å². The molecule has 180 valence electrons. The highest BCUT2D eigenvalue weighted by Gasteiger charge is 2.30. The molecule has 0 aliphatic heterocycles. The lowest BCUT2D eigenvalue weighted by molar-refractivity contribution is -0.114. The van der Waals surface area contributed by atoms with Gasteiger partial charge in [-0.1, -0.05) is 18.2 Å². The number of carbonyl (C=O) groups excluding carboxylic acids is 1. The van der Waals surface area contributed by atoms with E-state index in [1.54, 1.807) is 55.5 Å². The van der Waals surface area contributed by atoms with Crippen molar-refractivity contribution in [2.24, 2.45) is 0 Å². The molecule has 0 saturated carbocycles. The zero-order valence-electron chi connectivity index (χ0n) is 19.8. The van der Waals surface area contributed by atoms with Crippen molar-refractivity contribution in [3.05, 3.63) is 71.8 Å². The second kappa shape index (κ2) is 10.5. The molecule has 0 fully saturated rings. The lowest BCUT2D eigenvalue weighted by atomic mass is 10.2. The molecule has 0 heterocycles. The summed E-state index contributed by atoms with van der Waals surface area (Å²) in [7, 11) is 0.231. The second-order valence-corrected chi connectivity index (χ2v) is 9.45. The van der Waals surface area contributed by atoms with Gasteiger partial charge in [-0.25, -0.2) is 8.42 Å². The molecule has 1 N–H and O–H groups in total. The first-order chi connectivity index (χ1) is 16.2. The van der Waals surface area contributed by atoms with Gasteiger partial charge in [0.15, 0.2) is 0 Å². The van der Waals surface area contributed by atoms with Gasteiger partial charge in [-0.2, -0.15) is 0 Å². The summed E-state index contributed by atoms with van der Waals surface area (Å²) in [6.45, 7) is 3.17. The summed E-state index contributed by atoms with van der Waals surface area (Å²) < 4.78 is 44.5. The van der Waals surface area contributed by atoms with Crippen LogP contribution in [0.2, 0.25) is 0 Å². The Morgan fingerprint density at radius 2 is 1.53 bits per heavy atom. The molecule has 0 atom stereocenters. The molecule has 3 aromatic carbocycles. The summed E-state index contributed by atoms with van der Waals surface area (Å²) >= 11 is 0. The van der Waals surface area contributed by atoms with Crippen molar-refractivity contribution in [1.29, 1.82) is 0 Å². The summed E-state index contributed by atoms with van der Waals surface area (Å²) in [5, 5.41) is 2.73. The van der Waals surface area contributed by atoms with Gasteiger partial charge in [0.2, 0.25) is 5.91 Å². The van der Waals surface area contributed by atoms with Gasteiger partial charge in [-0.15, -0.1) is 0 Å². The van der Waals surface area contributed by atoms with E-state index in [1.807, 2.05) is 13.0 Å². The SMILES string of the molecule is COc1ccc(OC)c(NC(=O)CN(c2cccc(C)c2)S(=O)(=O)c2cc(C)ccc2OC)c1. The summed E-state index contributed by atoms with van der Waals surface area (Å²) in [4.78, 5) is 13.1. The van der Waals surface area contributed by atoms with E-state index in [-0.39, 0.29) is 10.6 Å². The molecule has 0 aliphatic rings. The van der Waals surface area contributed by atoms with E-state index in [1.165, 1.54) is 27.4 Å². The Morgan fingerprint density at radius 1 is 0.853 bits per heavy atom. The third-order valence-corrected chi connectivity index (χ3v) is 6.94. The molecule has 1 amide bonds. The average molecular weight is 485 g/mol. The first kappa shape index (κ1) is 24.9. The lowest BCUT2D eigenvalue weighted by Gasteiger charge is -2.25. The fraction of sp³-hybridized carbons (Fsp3) is 0.240. The van der Waals surface area contributed by atoms with Gasteiger partial charge in [0.25, 0.3) is 10.0 Å². The van der Waals surface area contributed by atoms with Crippen LogP contribution in [0.4, 0.5) is 11.4 Å². The van der Waals surface area contributed by atoms with Crippen molar-refractivity contribution in [3.63, 3.8) is 0 Å². The lowest BCUT2D eigenvalue weighted by Crippen LogP contribution is -2.38. The largest absolute Gasteiger partial charge is 0.497 e. The van der Waals surface area contributed by atoms with Crippen molar-refractivity contribution < 1.29 is 27.4 Å². The van der Waals surface area contributed by atoms with Gasteiger partial charge < -0.3 is 19.5 Å². The van der Waals surface area contributed by atoms with E-state index in [0.29, 0.717) is 22.9 Å². The Balaban J connectivity index is 2.03. The zero-order valence-corrected chi connectivity index (χ0v) is 20.6. The van der Waals surface area contributed by atoms with Crippen LogP contribution in [0.1, 0.15) is 11.1 Å². The molecule has 3 rings (SSSR count). The van der Waals surface area contributed by atoms with Crippen LogP contribution in [-0.2, 0) is 14.8 Å². The van der Waals surface area contributed by atoms with E-state index in [9.17, 15) is 13.2 Å². The summed E-state index contributed by atoms with van der Waals surface area (Å²) in [5.74, 6) is 0.574. The molecule has 0 radical (unpaired) electrons. The van der Waals surface area contributed by atoms with Gasteiger partial charge in [0, 0.05) is 6.07 Å². The highest BCUT2D eigenvalue weighted by molar-refractivity contribution is 7.93. The van der Waals surface area contributed by atoms with Gasteiger partial charge in [-0.3, -0.25) is 9.10 Å². The predicted molar refractivity (Wildman–Crippen MR) is 132 cm³/mol. The maximum absolute atomic E-state index is 13.8. The van der Waals surface area contributed by atoms with Crippen molar-refractivity contribution in [2.75, 3.05) is 37.5 Å². The molecule has 34 heavy (non-hydrogen) atoms. The number of ether oxygens (including phenoxy) is 3. The molecule has 0 bridgehead atoms. The second-order valence-electron chi connectivity index (χ2n) is 7.62. The van der Waals surface area contributed by atoms with Gasteiger partial charge in [0.1, 0.15) is 28.7 Å². The molecular formula is C25H28N2O6S. The van der Waals surface area contributed by atoms with Crippen LogP contribution < -0.4 is 23.8 Å². The number of sulfonamides is 1. The number of benzene rings is 3. The Morgan fingerprint density at radius 3 is 2.18 bits per heavy atom. The number of amides is 1. The van der Waals surface area contributed by atoms with Crippen LogP contribution in [0.25, 0.3) is 0 Å². The smallest absolute Gasteiger partial charge is 0.268 e. The monoisotopic (exact) mass is 484 g/mol. The Labute approximate surface area is 200 Å². The minimum Gasteiger partial charge on any atom is -0.497 e. The maximum Gasteiger partial charge on any atom is 0.268 e. The molecule has 0 aliphatic carbocycles. The highest BCUT2D eigenvalue weighted by Crippen LogP contribution is 2.32. The minimum atomic E-state index is -4.16. The minimum absolute atomic E-state index is 0.0248. The fourth-order valence-electron chi connectivity index (χ4n) is 3.43. The summed E-state index contributed by atoms with van der Waals surface area (Å²) in [6, 6.07) is 16.8. The molecule has 0 aromatic heterocycles. The van der Waals surface area contributed by atoms with Crippen molar-refractivity contribution in [3.8, 4) is 17.2 Å². The number of rotatable bonds is 9. The third-order valence-electron chi connectivity index (χ3n) is 5.14. The third kappa shape index (κ3) is 5.43. The molecule has 3 aromatic rings. The Hall–Kier alpha value is -3.72. The normalized spacial score (nSPS) is 11.0. The number of hydrogen-bond donors (Lipinski definition) is 1. The van der Waals surface area contributed by atoms with Crippen LogP contribution in [0.3, 0.4) is 0 Å². The number of anilines is 2. The van der Waals surface area contributed by atoms with Crippen LogP contribution in [0.15, 0.2) is 65.6 Å². The van der Waals surface area contributed by atoms with Crippen molar-refractivity contribution in [1.82, 2.24) is 0 Å². The number of aryl methyl sites for hydroxylation is 2. The number of nitrogens with zero attached hydrogens (tertiary/aromatic N) is 1. The van der Waals surface area contributed by atoms with Crippen LogP contribution in [0, 0.1) is 13.8 Å². The summed E-state index contributed by atoms with van der Waals surface area (Å²) in [5.41, 5.74) is 2.32. The fourth-order valence-corrected chi connectivity index (χ4v) is 5.09. The summed E-state index contributed by atoms with van der Waals surface area (Å²) in [6.07, 6.45) is 0. The van der Waals surface area contributed by atoms with E-state index in [4.69, 9.17) is 14.2 Å². The van der Waals surface area contributed by atoms with Crippen LogP contribution in [-0.4, -0.2) is 42.2 Å². The van der Waals surface area contributed by atoms with Gasteiger partial charge >= 0.3 is 0 Å². The molecule has 0 saturated heterocycles. The van der Waals surface area contributed by atoms with Gasteiger partial charge in [0.05, 0.1) is 32.7 Å². The molecule has 0 unspecified atom stereocenters. The number of carbonyl (C=O) groups is 1. The first-order valence-corrected chi connectivity index (χ1v) is 11.9. The number of methoxy groups -OCH3 is 3. The van der Waals surface area contributed by atoms with Crippen LogP contribution >= 0.6 is 0 Å². The van der Waals surface area contributed by atoms with Gasteiger partial charge in [-0.05, 0) is 61.4 Å². The molecule has 9 heteroatoms.